The van der Waals surface area contributed by atoms with Crippen LogP contribution in [0.15, 0.2) is 18.2 Å². The van der Waals surface area contributed by atoms with Gasteiger partial charge in [0.05, 0.1) is 31.4 Å². The lowest BCUT2D eigenvalue weighted by Crippen LogP contribution is -2.49. The fraction of sp³-hybridized carbons (Fsp3) is 0.385. The highest BCUT2D eigenvalue weighted by molar-refractivity contribution is 5.90. The molecular formula is C13H17N3O4. The van der Waals surface area contributed by atoms with Crippen LogP contribution >= 0.6 is 0 Å². The van der Waals surface area contributed by atoms with E-state index in [2.05, 4.69) is 10.6 Å². The summed E-state index contributed by atoms with van der Waals surface area (Å²) in [7, 11) is 0. The molecule has 0 heterocycles. The second-order valence-electron chi connectivity index (χ2n) is 4.44. The van der Waals surface area contributed by atoms with Gasteiger partial charge in [-0.2, -0.15) is 5.26 Å². The summed E-state index contributed by atoms with van der Waals surface area (Å²) in [5.74, 6) is 0. The number of hydrogen-bond donors (Lipinski definition) is 5. The van der Waals surface area contributed by atoms with Gasteiger partial charge < -0.3 is 26.0 Å². The van der Waals surface area contributed by atoms with E-state index in [-0.39, 0.29) is 6.54 Å². The first-order valence-corrected chi connectivity index (χ1v) is 5.94. The van der Waals surface area contributed by atoms with Crippen molar-refractivity contribution in [2.45, 2.75) is 12.5 Å². The van der Waals surface area contributed by atoms with Crippen molar-refractivity contribution in [1.82, 2.24) is 5.32 Å². The lowest BCUT2D eigenvalue weighted by Gasteiger charge is -2.23. The molecule has 108 valence electrons. The summed E-state index contributed by atoms with van der Waals surface area (Å²) < 4.78 is 0. The zero-order valence-corrected chi connectivity index (χ0v) is 11.1. The number of amides is 2. The molecule has 1 aromatic carbocycles. The number of aliphatic hydroxyl groups excluding tert-OH is 2. The van der Waals surface area contributed by atoms with E-state index in [1.54, 1.807) is 25.1 Å². The summed E-state index contributed by atoms with van der Waals surface area (Å²) in [5, 5.41) is 41.1. The van der Waals surface area contributed by atoms with Gasteiger partial charge in [-0.3, -0.25) is 0 Å². The minimum Gasteiger partial charge on any atom is -0.393 e. The molecule has 0 spiro atoms. The third-order valence-corrected chi connectivity index (χ3v) is 2.87. The molecule has 0 bridgehead atoms. The summed E-state index contributed by atoms with van der Waals surface area (Å²) in [4.78, 5) is 11.7. The number of rotatable bonds is 5. The quantitative estimate of drug-likeness (QED) is 0.506. The van der Waals surface area contributed by atoms with E-state index in [0.717, 1.165) is 0 Å². The molecule has 0 unspecified atom stereocenters. The van der Waals surface area contributed by atoms with Crippen LogP contribution in [0.3, 0.4) is 0 Å². The van der Waals surface area contributed by atoms with Crippen LogP contribution in [-0.4, -0.2) is 46.7 Å². The molecular weight excluding hydrogens is 262 g/mol. The van der Waals surface area contributed by atoms with Crippen LogP contribution in [0.4, 0.5) is 10.5 Å². The number of urea groups is 1. The Kier molecular flexibility index (Phi) is 5.46. The van der Waals surface area contributed by atoms with Gasteiger partial charge in [0.2, 0.25) is 0 Å². The molecule has 0 atom stereocenters. The molecule has 0 aliphatic carbocycles. The van der Waals surface area contributed by atoms with Gasteiger partial charge in [-0.25, -0.2) is 4.79 Å². The zero-order chi connectivity index (χ0) is 15.2. The van der Waals surface area contributed by atoms with Crippen LogP contribution in [0.5, 0.6) is 0 Å². The molecule has 0 aliphatic rings. The van der Waals surface area contributed by atoms with Crippen molar-refractivity contribution in [3.05, 3.63) is 29.3 Å². The first-order chi connectivity index (χ1) is 9.45. The van der Waals surface area contributed by atoms with E-state index in [1.807, 2.05) is 6.07 Å². The summed E-state index contributed by atoms with van der Waals surface area (Å²) in [6.45, 7) is 0.0498. The Morgan fingerprint density at radius 3 is 2.60 bits per heavy atom. The molecule has 20 heavy (non-hydrogen) atoms. The molecule has 1 rings (SSSR count). The summed E-state index contributed by atoms with van der Waals surface area (Å²) in [5.41, 5.74) is -0.214. The standard InChI is InChI=1S/C13H17N3O4/c1-9-10(5-14)3-2-4-11(9)16-12(19)15-6-13(20,7-17)8-18/h2-4,17-18,20H,6-8H2,1H3,(H2,15,16,19). The van der Waals surface area contributed by atoms with E-state index in [1.165, 1.54) is 0 Å². The van der Waals surface area contributed by atoms with Gasteiger partial charge in [-0.1, -0.05) is 6.07 Å². The first-order valence-electron chi connectivity index (χ1n) is 5.94. The minimum atomic E-state index is -1.76. The number of nitriles is 1. The van der Waals surface area contributed by atoms with Crippen LogP contribution < -0.4 is 10.6 Å². The third kappa shape index (κ3) is 3.93. The van der Waals surface area contributed by atoms with Crippen molar-refractivity contribution in [2.75, 3.05) is 25.1 Å². The average Bonchev–Trinajstić information content (AvgIpc) is 2.47. The number of anilines is 1. The minimum absolute atomic E-state index is 0.303. The monoisotopic (exact) mass is 279 g/mol. The average molecular weight is 279 g/mol. The molecule has 5 N–H and O–H groups in total. The lowest BCUT2D eigenvalue weighted by atomic mass is 10.1. The highest BCUT2D eigenvalue weighted by atomic mass is 16.4. The molecule has 2 amide bonds. The Balaban J connectivity index is 2.66. The Labute approximate surface area is 116 Å². The zero-order valence-electron chi connectivity index (χ0n) is 11.1. The Morgan fingerprint density at radius 2 is 2.05 bits per heavy atom. The van der Waals surface area contributed by atoms with E-state index >= 15 is 0 Å². The molecule has 0 saturated carbocycles. The van der Waals surface area contributed by atoms with E-state index in [4.69, 9.17) is 15.5 Å². The molecule has 1 aromatic rings. The Morgan fingerprint density at radius 1 is 1.40 bits per heavy atom. The maximum absolute atomic E-state index is 11.7. The van der Waals surface area contributed by atoms with E-state index < -0.39 is 24.8 Å². The Hall–Kier alpha value is -2.14. The van der Waals surface area contributed by atoms with Gasteiger partial charge in [0.1, 0.15) is 5.60 Å². The maximum atomic E-state index is 11.7. The summed E-state index contributed by atoms with van der Waals surface area (Å²) in [6, 6.07) is 6.31. The Bertz CT molecular complexity index is 521. The van der Waals surface area contributed by atoms with Crippen molar-refractivity contribution in [2.24, 2.45) is 0 Å². The largest absolute Gasteiger partial charge is 0.393 e. The van der Waals surface area contributed by atoms with Gasteiger partial charge >= 0.3 is 6.03 Å². The fourth-order valence-electron chi connectivity index (χ4n) is 1.47. The van der Waals surface area contributed by atoms with Crippen molar-refractivity contribution >= 4 is 11.7 Å². The molecule has 7 heteroatoms. The number of carbonyl (C=O) groups is 1. The SMILES string of the molecule is Cc1c(C#N)cccc1NC(=O)NCC(O)(CO)CO. The normalized spacial score (nSPS) is 10.8. The number of nitrogens with one attached hydrogen (secondary N) is 2. The number of carbonyl (C=O) groups excluding carboxylic acids is 1. The second kappa shape index (κ2) is 6.86. The molecule has 0 aliphatic heterocycles. The van der Waals surface area contributed by atoms with Gasteiger partial charge in [-0.05, 0) is 24.6 Å². The van der Waals surface area contributed by atoms with Crippen LogP contribution in [-0.2, 0) is 0 Å². The van der Waals surface area contributed by atoms with Gasteiger partial charge in [0.25, 0.3) is 0 Å². The van der Waals surface area contributed by atoms with Crippen LogP contribution in [0.2, 0.25) is 0 Å². The predicted octanol–water partition coefficient (Wildman–Crippen LogP) is -0.296. The van der Waals surface area contributed by atoms with E-state index in [0.29, 0.717) is 16.8 Å². The number of nitrogens with zero attached hydrogens (tertiary/aromatic N) is 1. The predicted molar refractivity (Wildman–Crippen MR) is 72.0 cm³/mol. The number of benzene rings is 1. The second-order valence-corrected chi connectivity index (χ2v) is 4.44. The highest BCUT2D eigenvalue weighted by Crippen LogP contribution is 2.17. The van der Waals surface area contributed by atoms with Crippen molar-refractivity contribution < 1.29 is 20.1 Å². The van der Waals surface area contributed by atoms with Crippen molar-refractivity contribution in [3.8, 4) is 6.07 Å². The molecule has 0 fully saturated rings. The molecule has 0 saturated heterocycles. The molecule has 7 nitrogen and oxygen atoms in total. The van der Waals surface area contributed by atoms with E-state index in [9.17, 15) is 9.90 Å². The van der Waals surface area contributed by atoms with Gasteiger partial charge in [-0.15, -0.1) is 0 Å². The molecule has 0 radical (unpaired) electrons. The van der Waals surface area contributed by atoms with Gasteiger partial charge in [0, 0.05) is 5.69 Å². The summed E-state index contributed by atoms with van der Waals surface area (Å²) >= 11 is 0. The van der Waals surface area contributed by atoms with Crippen molar-refractivity contribution in [1.29, 1.82) is 5.26 Å². The maximum Gasteiger partial charge on any atom is 0.319 e. The van der Waals surface area contributed by atoms with Crippen LogP contribution in [0.1, 0.15) is 11.1 Å². The van der Waals surface area contributed by atoms with Crippen LogP contribution in [0, 0.1) is 18.3 Å². The van der Waals surface area contributed by atoms with Gasteiger partial charge in [0.15, 0.2) is 0 Å². The smallest absolute Gasteiger partial charge is 0.319 e. The number of aliphatic hydroxyl groups is 3. The highest BCUT2D eigenvalue weighted by Gasteiger charge is 2.25. The third-order valence-electron chi connectivity index (χ3n) is 2.87. The van der Waals surface area contributed by atoms with Crippen molar-refractivity contribution in [3.63, 3.8) is 0 Å². The van der Waals surface area contributed by atoms with Crippen LogP contribution in [0.25, 0.3) is 0 Å². The first kappa shape index (κ1) is 15.9. The lowest BCUT2D eigenvalue weighted by molar-refractivity contribution is -0.0507. The molecule has 0 aromatic heterocycles. The topological polar surface area (TPSA) is 126 Å². The fourth-order valence-corrected chi connectivity index (χ4v) is 1.47. The summed E-state index contributed by atoms with van der Waals surface area (Å²) in [6.07, 6.45) is 0. The number of hydrogen-bond acceptors (Lipinski definition) is 5.